The molecule has 0 heterocycles. The van der Waals surface area contributed by atoms with Crippen LogP contribution in [0, 0.1) is 5.92 Å². The highest BCUT2D eigenvalue weighted by molar-refractivity contribution is 5.83. The quantitative estimate of drug-likeness (QED) is 0.643. The first kappa shape index (κ1) is 12.9. The summed E-state index contributed by atoms with van der Waals surface area (Å²) in [5.74, 6) is -2.30. The maximum atomic E-state index is 11.1. The second-order valence-corrected chi connectivity index (χ2v) is 2.74. The molecule has 82 valence electrons. The summed E-state index contributed by atoms with van der Waals surface area (Å²) < 4.78 is 9.20. The third-order valence-electron chi connectivity index (χ3n) is 1.66. The second-order valence-electron chi connectivity index (χ2n) is 2.74. The predicted octanol–water partition coefficient (Wildman–Crippen LogP) is 0.110. The summed E-state index contributed by atoms with van der Waals surface area (Å²) in [6, 6.07) is 0. The average molecular weight is 204 g/mol. The SMILES string of the molecule is CCOC(=O)[C@@H](C)[C@H](O)C(=O)OCC. The molecule has 0 bridgehead atoms. The van der Waals surface area contributed by atoms with Gasteiger partial charge in [-0.1, -0.05) is 0 Å². The molecule has 5 heteroatoms. The lowest BCUT2D eigenvalue weighted by atomic mass is 10.1. The van der Waals surface area contributed by atoms with Crippen LogP contribution < -0.4 is 0 Å². The molecule has 0 fully saturated rings. The molecule has 14 heavy (non-hydrogen) atoms. The van der Waals surface area contributed by atoms with E-state index in [4.69, 9.17) is 0 Å². The van der Waals surface area contributed by atoms with E-state index in [0.717, 1.165) is 0 Å². The Morgan fingerprint density at radius 1 is 1.14 bits per heavy atom. The highest BCUT2D eigenvalue weighted by Gasteiger charge is 2.30. The predicted molar refractivity (Wildman–Crippen MR) is 48.4 cm³/mol. The Morgan fingerprint density at radius 2 is 1.57 bits per heavy atom. The van der Waals surface area contributed by atoms with Crippen molar-refractivity contribution in [1.29, 1.82) is 0 Å². The molecule has 2 atom stereocenters. The van der Waals surface area contributed by atoms with Crippen LogP contribution in [0.15, 0.2) is 0 Å². The normalized spacial score (nSPS) is 14.3. The monoisotopic (exact) mass is 204 g/mol. The van der Waals surface area contributed by atoms with Gasteiger partial charge in [0.05, 0.1) is 19.1 Å². The highest BCUT2D eigenvalue weighted by atomic mass is 16.6. The number of carbonyl (C=O) groups is 2. The number of esters is 2. The molecule has 1 N–H and O–H groups in total. The van der Waals surface area contributed by atoms with Crippen LogP contribution in [0.1, 0.15) is 20.8 Å². The Kier molecular flexibility index (Phi) is 5.87. The highest BCUT2D eigenvalue weighted by Crippen LogP contribution is 2.07. The fourth-order valence-electron chi connectivity index (χ4n) is 0.834. The third-order valence-corrected chi connectivity index (χ3v) is 1.66. The maximum Gasteiger partial charge on any atom is 0.335 e. The first-order valence-electron chi connectivity index (χ1n) is 4.55. The zero-order chi connectivity index (χ0) is 11.1. The van der Waals surface area contributed by atoms with Crippen molar-refractivity contribution in [3.05, 3.63) is 0 Å². The molecule has 0 spiro atoms. The molecule has 0 saturated heterocycles. The van der Waals surface area contributed by atoms with E-state index in [1.54, 1.807) is 13.8 Å². The van der Waals surface area contributed by atoms with Crippen LogP contribution >= 0.6 is 0 Å². The van der Waals surface area contributed by atoms with Gasteiger partial charge >= 0.3 is 11.9 Å². The van der Waals surface area contributed by atoms with Crippen LogP contribution in [-0.2, 0) is 19.1 Å². The molecular weight excluding hydrogens is 188 g/mol. The smallest absolute Gasteiger partial charge is 0.335 e. The summed E-state index contributed by atoms with van der Waals surface area (Å²) in [6.45, 7) is 5.09. The molecule has 0 aliphatic heterocycles. The lowest BCUT2D eigenvalue weighted by Crippen LogP contribution is -2.35. The lowest BCUT2D eigenvalue weighted by Gasteiger charge is -2.15. The summed E-state index contributed by atoms with van der Waals surface area (Å²) in [7, 11) is 0. The molecule has 0 amide bonds. The van der Waals surface area contributed by atoms with E-state index in [2.05, 4.69) is 9.47 Å². The third kappa shape index (κ3) is 3.74. The van der Waals surface area contributed by atoms with Gasteiger partial charge in [0.1, 0.15) is 0 Å². The van der Waals surface area contributed by atoms with Crippen LogP contribution in [0.5, 0.6) is 0 Å². The van der Waals surface area contributed by atoms with E-state index in [9.17, 15) is 14.7 Å². The van der Waals surface area contributed by atoms with Crippen LogP contribution in [0.25, 0.3) is 0 Å². The number of carbonyl (C=O) groups excluding carboxylic acids is 2. The largest absolute Gasteiger partial charge is 0.466 e. The van der Waals surface area contributed by atoms with Gasteiger partial charge in [0.15, 0.2) is 6.10 Å². The Bertz CT molecular complexity index is 179. The molecule has 0 aromatic carbocycles. The fourth-order valence-corrected chi connectivity index (χ4v) is 0.834. The van der Waals surface area contributed by atoms with Crippen molar-refractivity contribution < 1.29 is 24.2 Å². The van der Waals surface area contributed by atoms with E-state index in [0.29, 0.717) is 0 Å². The minimum atomic E-state index is -1.45. The average Bonchev–Trinajstić information content (AvgIpc) is 2.16. The van der Waals surface area contributed by atoms with E-state index in [1.807, 2.05) is 0 Å². The summed E-state index contributed by atoms with van der Waals surface area (Å²) in [6.07, 6.45) is -1.45. The van der Waals surface area contributed by atoms with Gasteiger partial charge in [-0.3, -0.25) is 4.79 Å². The van der Waals surface area contributed by atoms with Gasteiger partial charge in [0.2, 0.25) is 0 Å². The van der Waals surface area contributed by atoms with Crippen LogP contribution in [0.2, 0.25) is 0 Å². The number of rotatable bonds is 5. The van der Waals surface area contributed by atoms with Crippen molar-refractivity contribution in [2.75, 3.05) is 13.2 Å². The molecule has 0 saturated carbocycles. The van der Waals surface area contributed by atoms with Gasteiger partial charge in [-0.25, -0.2) is 4.79 Å². The molecule has 5 nitrogen and oxygen atoms in total. The molecular formula is C9H16O5. The Hall–Kier alpha value is -1.10. The Morgan fingerprint density at radius 3 is 2.00 bits per heavy atom. The first-order valence-corrected chi connectivity index (χ1v) is 4.55. The zero-order valence-electron chi connectivity index (χ0n) is 8.65. The van der Waals surface area contributed by atoms with Gasteiger partial charge in [0.25, 0.3) is 0 Å². The van der Waals surface area contributed by atoms with Gasteiger partial charge in [0, 0.05) is 0 Å². The van der Waals surface area contributed by atoms with Crippen molar-refractivity contribution in [2.45, 2.75) is 26.9 Å². The number of aliphatic hydroxyl groups is 1. The van der Waals surface area contributed by atoms with Crippen molar-refractivity contribution in [2.24, 2.45) is 5.92 Å². The number of ether oxygens (including phenoxy) is 2. The molecule has 0 rings (SSSR count). The molecule has 0 unspecified atom stereocenters. The molecule has 0 aliphatic rings. The second kappa shape index (κ2) is 6.37. The van der Waals surface area contributed by atoms with E-state index >= 15 is 0 Å². The van der Waals surface area contributed by atoms with E-state index < -0.39 is 24.0 Å². The van der Waals surface area contributed by atoms with Crippen molar-refractivity contribution >= 4 is 11.9 Å². The number of hydrogen-bond acceptors (Lipinski definition) is 5. The van der Waals surface area contributed by atoms with Crippen molar-refractivity contribution in [1.82, 2.24) is 0 Å². The topological polar surface area (TPSA) is 72.8 Å². The van der Waals surface area contributed by atoms with Gasteiger partial charge < -0.3 is 14.6 Å². The summed E-state index contributed by atoms with van der Waals surface area (Å²) in [5.41, 5.74) is 0. The molecule has 0 aliphatic carbocycles. The minimum absolute atomic E-state index is 0.172. The number of aliphatic hydroxyl groups excluding tert-OH is 1. The Labute approximate surface area is 83.0 Å². The van der Waals surface area contributed by atoms with Crippen LogP contribution in [0.4, 0.5) is 0 Å². The summed E-state index contributed by atoms with van der Waals surface area (Å²) in [5, 5.41) is 9.34. The summed E-state index contributed by atoms with van der Waals surface area (Å²) >= 11 is 0. The summed E-state index contributed by atoms with van der Waals surface area (Å²) in [4.78, 5) is 22.1. The molecule has 0 aromatic heterocycles. The van der Waals surface area contributed by atoms with Crippen LogP contribution in [-0.4, -0.2) is 36.4 Å². The van der Waals surface area contributed by atoms with Crippen molar-refractivity contribution in [3.63, 3.8) is 0 Å². The maximum absolute atomic E-state index is 11.1. The zero-order valence-corrected chi connectivity index (χ0v) is 8.65. The van der Waals surface area contributed by atoms with Gasteiger partial charge in [-0.15, -0.1) is 0 Å². The number of hydrogen-bond donors (Lipinski definition) is 1. The fraction of sp³-hybridized carbons (Fsp3) is 0.778. The van der Waals surface area contributed by atoms with Gasteiger partial charge in [-0.2, -0.15) is 0 Å². The molecule has 0 aromatic rings. The molecule has 0 radical (unpaired) electrons. The van der Waals surface area contributed by atoms with Gasteiger partial charge in [-0.05, 0) is 20.8 Å². The Balaban J connectivity index is 4.16. The van der Waals surface area contributed by atoms with Crippen molar-refractivity contribution in [3.8, 4) is 0 Å². The lowest BCUT2D eigenvalue weighted by molar-refractivity contribution is -0.165. The van der Waals surface area contributed by atoms with Crippen LogP contribution in [0.3, 0.4) is 0 Å². The standard InChI is InChI=1S/C9H16O5/c1-4-13-8(11)6(3)7(10)9(12)14-5-2/h6-7,10H,4-5H2,1-3H3/t6-,7-/m0/s1. The van der Waals surface area contributed by atoms with E-state index in [1.165, 1.54) is 6.92 Å². The minimum Gasteiger partial charge on any atom is -0.466 e. The first-order chi connectivity index (χ1) is 6.54. The van der Waals surface area contributed by atoms with E-state index in [-0.39, 0.29) is 13.2 Å².